The van der Waals surface area contributed by atoms with Gasteiger partial charge < -0.3 is 10.1 Å². The van der Waals surface area contributed by atoms with Crippen LogP contribution in [0.1, 0.15) is 0 Å². The van der Waals surface area contributed by atoms with Crippen LogP contribution in [0.25, 0.3) is 20.2 Å². The van der Waals surface area contributed by atoms with Gasteiger partial charge in [0.1, 0.15) is 5.75 Å². The highest BCUT2D eigenvalue weighted by Gasteiger charge is 2.06. The van der Waals surface area contributed by atoms with Gasteiger partial charge in [0.25, 0.3) is 5.91 Å². The Balaban J connectivity index is 1.50. The third-order valence-electron chi connectivity index (χ3n) is 3.81. The Hall–Kier alpha value is -3.11. The zero-order valence-corrected chi connectivity index (χ0v) is 14.1. The molecule has 4 rings (SSSR count). The van der Waals surface area contributed by atoms with Gasteiger partial charge in [0.15, 0.2) is 0 Å². The molecule has 0 aliphatic rings. The van der Waals surface area contributed by atoms with Crippen LogP contribution in [0.5, 0.6) is 5.75 Å². The summed E-state index contributed by atoms with van der Waals surface area (Å²) in [5.41, 5.74) is 0.769. The predicted molar refractivity (Wildman–Crippen MR) is 104 cm³/mol. The van der Waals surface area contributed by atoms with E-state index in [1.54, 1.807) is 11.3 Å². The third-order valence-corrected chi connectivity index (χ3v) is 4.96. The molecule has 0 unspecified atom stereocenters. The largest absolute Gasteiger partial charge is 0.465 e. The van der Waals surface area contributed by atoms with Crippen molar-refractivity contribution in [2.45, 2.75) is 0 Å². The molecular formula is C21H15NO2S. The van der Waals surface area contributed by atoms with Gasteiger partial charge in [0.2, 0.25) is 0 Å². The Morgan fingerprint density at radius 2 is 1.64 bits per heavy atom. The first-order valence-electron chi connectivity index (χ1n) is 7.90. The van der Waals surface area contributed by atoms with E-state index in [0.717, 1.165) is 11.1 Å². The molecule has 0 atom stereocenters. The smallest absolute Gasteiger partial charge is 0.251 e. The first-order valence-corrected chi connectivity index (χ1v) is 8.72. The Bertz CT molecular complexity index is 1070. The molecule has 0 saturated heterocycles. The van der Waals surface area contributed by atoms with Gasteiger partial charge in [-0.15, -0.1) is 11.3 Å². The van der Waals surface area contributed by atoms with Crippen LogP contribution in [-0.2, 0) is 4.79 Å². The molecule has 1 heterocycles. The molecule has 3 aromatic carbocycles. The number of nitrogens with one attached hydrogen (secondary N) is 1. The van der Waals surface area contributed by atoms with Crippen molar-refractivity contribution >= 4 is 43.1 Å². The van der Waals surface area contributed by atoms with E-state index >= 15 is 0 Å². The second-order valence-corrected chi connectivity index (χ2v) is 6.62. The van der Waals surface area contributed by atoms with Crippen LogP contribution in [0.3, 0.4) is 0 Å². The molecule has 1 N–H and O–H groups in total. The Kier molecular flexibility index (Phi) is 4.19. The molecule has 122 valence electrons. The fourth-order valence-electron chi connectivity index (χ4n) is 2.66. The van der Waals surface area contributed by atoms with Crippen LogP contribution in [0.15, 0.2) is 85.1 Å². The summed E-state index contributed by atoms with van der Waals surface area (Å²) in [6, 6.07) is 23.6. The summed E-state index contributed by atoms with van der Waals surface area (Å²) < 4.78 is 7.85. The van der Waals surface area contributed by atoms with Crippen LogP contribution in [0.4, 0.5) is 5.69 Å². The fourth-order valence-corrected chi connectivity index (χ4v) is 3.75. The average molecular weight is 345 g/mol. The van der Waals surface area contributed by atoms with Crippen molar-refractivity contribution in [2.24, 2.45) is 0 Å². The van der Waals surface area contributed by atoms with Crippen LogP contribution in [0.2, 0.25) is 0 Å². The quantitative estimate of drug-likeness (QED) is 0.387. The average Bonchev–Trinajstić information content (AvgIpc) is 3.01. The van der Waals surface area contributed by atoms with Gasteiger partial charge >= 0.3 is 0 Å². The Labute approximate surface area is 149 Å². The lowest BCUT2D eigenvalue weighted by atomic mass is 10.1. The summed E-state index contributed by atoms with van der Waals surface area (Å²) in [5.74, 6) is 0.465. The monoisotopic (exact) mass is 345 g/mol. The lowest BCUT2D eigenvalue weighted by Gasteiger charge is -2.03. The molecule has 1 amide bonds. The molecule has 0 spiro atoms. The van der Waals surface area contributed by atoms with Crippen molar-refractivity contribution in [2.75, 3.05) is 5.32 Å². The number of carbonyl (C=O) groups is 1. The van der Waals surface area contributed by atoms with Crippen LogP contribution in [0, 0.1) is 0 Å². The topological polar surface area (TPSA) is 38.3 Å². The van der Waals surface area contributed by atoms with Gasteiger partial charge in [-0.3, -0.25) is 4.79 Å². The minimum atomic E-state index is -0.227. The highest BCUT2D eigenvalue weighted by atomic mass is 32.1. The molecule has 3 nitrogen and oxygen atoms in total. The second kappa shape index (κ2) is 6.79. The Morgan fingerprint density at radius 3 is 2.52 bits per heavy atom. The molecule has 1 aromatic heterocycles. The highest BCUT2D eigenvalue weighted by Crippen LogP contribution is 2.35. The first kappa shape index (κ1) is 15.4. The van der Waals surface area contributed by atoms with Crippen molar-refractivity contribution in [3.05, 3.63) is 85.1 Å². The van der Waals surface area contributed by atoms with Gasteiger partial charge in [-0.1, -0.05) is 36.4 Å². The SMILES string of the molecule is O=C(C=COc1ccccc1)Nc1ccc2sc3ccccc3c2c1. The number of hydrogen-bond acceptors (Lipinski definition) is 3. The molecule has 0 aliphatic carbocycles. The summed E-state index contributed by atoms with van der Waals surface area (Å²) in [5, 5.41) is 5.24. The molecule has 0 saturated carbocycles. The minimum absolute atomic E-state index is 0.227. The number of hydrogen-bond donors (Lipinski definition) is 1. The molecule has 0 aliphatic heterocycles. The maximum atomic E-state index is 12.1. The summed E-state index contributed by atoms with van der Waals surface area (Å²) in [6.45, 7) is 0. The maximum absolute atomic E-state index is 12.1. The number of benzene rings is 3. The zero-order valence-electron chi connectivity index (χ0n) is 13.3. The molecule has 4 heteroatoms. The lowest BCUT2D eigenvalue weighted by molar-refractivity contribution is -0.112. The minimum Gasteiger partial charge on any atom is -0.465 e. The molecule has 0 bridgehead atoms. The van der Waals surface area contributed by atoms with Crippen LogP contribution < -0.4 is 10.1 Å². The van der Waals surface area contributed by atoms with E-state index in [4.69, 9.17) is 4.74 Å². The second-order valence-electron chi connectivity index (χ2n) is 5.53. The van der Waals surface area contributed by atoms with Crippen LogP contribution >= 0.6 is 11.3 Å². The van der Waals surface area contributed by atoms with Crippen molar-refractivity contribution in [1.29, 1.82) is 0 Å². The number of thiophene rings is 1. The summed E-state index contributed by atoms with van der Waals surface area (Å²) in [6.07, 6.45) is 2.77. The van der Waals surface area contributed by atoms with Crippen molar-refractivity contribution in [1.82, 2.24) is 0 Å². The van der Waals surface area contributed by atoms with Gasteiger partial charge in [0.05, 0.1) is 6.26 Å². The van der Waals surface area contributed by atoms with Gasteiger partial charge in [-0.25, -0.2) is 0 Å². The Morgan fingerprint density at radius 1 is 0.880 bits per heavy atom. The van der Waals surface area contributed by atoms with E-state index in [9.17, 15) is 4.79 Å². The van der Waals surface area contributed by atoms with E-state index in [1.807, 2.05) is 60.7 Å². The molecule has 0 radical (unpaired) electrons. The van der Waals surface area contributed by atoms with Crippen molar-refractivity contribution in [3.63, 3.8) is 0 Å². The number of carbonyl (C=O) groups excluding carboxylic acids is 1. The number of amides is 1. The number of rotatable bonds is 4. The molecule has 0 fully saturated rings. The van der Waals surface area contributed by atoms with E-state index in [1.165, 1.54) is 27.1 Å². The van der Waals surface area contributed by atoms with E-state index < -0.39 is 0 Å². The van der Waals surface area contributed by atoms with E-state index in [-0.39, 0.29) is 5.91 Å². The maximum Gasteiger partial charge on any atom is 0.251 e. The van der Waals surface area contributed by atoms with Gasteiger partial charge in [0, 0.05) is 31.9 Å². The van der Waals surface area contributed by atoms with Crippen LogP contribution in [-0.4, -0.2) is 5.91 Å². The third kappa shape index (κ3) is 3.39. The normalized spacial score (nSPS) is 11.2. The lowest BCUT2D eigenvalue weighted by Crippen LogP contribution is -2.08. The van der Waals surface area contributed by atoms with Crippen molar-refractivity contribution in [3.8, 4) is 5.75 Å². The molecule has 4 aromatic rings. The number of ether oxygens (including phenoxy) is 1. The number of para-hydroxylation sites is 1. The van der Waals surface area contributed by atoms with Gasteiger partial charge in [-0.2, -0.15) is 0 Å². The summed E-state index contributed by atoms with van der Waals surface area (Å²) >= 11 is 1.75. The zero-order chi connectivity index (χ0) is 17.1. The standard InChI is InChI=1S/C21H15NO2S/c23-21(12-13-24-16-6-2-1-3-7-16)22-15-10-11-20-18(14-15)17-8-4-5-9-19(17)25-20/h1-14H,(H,22,23). The summed E-state index contributed by atoms with van der Waals surface area (Å²) in [4.78, 5) is 12.1. The first-order chi connectivity index (χ1) is 12.3. The van der Waals surface area contributed by atoms with Gasteiger partial charge in [-0.05, 0) is 36.4 Å². The number of anilines is 1. The highest BCUT2D eigenvalue weighted by molar-refractivity contribution is 7.25. The number of fused-ring (bicyclic) bond motifs is 3. The van der Waals surface area contributed by atoms with E-state index in [0.29, 0.717) is 5.75 Å². The van der Waals surface area contributed by atoms with E-state index in [2.05, 4.69) is 17.4 Å². The van der Waals surface area contributed by atoms with Crippen molar-refractivity contribution < 1.29 is 9.53 Å². The summed E-state index contributed by atoms with van der Waals surface area (Å²) in [7, 11) is 0. The fraction of sp³-hybridized carbons (Fsp3) is 0. The molecular weight excluding hydrogens is 330 g/mol. The predicted octanol–water partition coefficient (Wildman–Crippen LogP) is 5.59. The molecule has 25 heavy (non-hydrogen) atoms.